The summed E-state index contributed by atoms with van der Waals surface area (Å²) in [6.07, 6.45) is 2.42. The third kappa shape index (κ3) is 4.48. The SMILES string of the molecule is O=C(NCC1CCN(c2ccc(F)cc2)C1)C1(c2ccc(Br)cc2)CCOCC1. The molecule has 2 aliphatic rings. The van der Waals surface area contributed by atoms with Gasteiger partial charge in [-0.1, -0.05) is 28.1 Å². The maximum absolute atomic E-state index is 13.3. The lowest BCUT2D eigenvalue weighted by atomic mass is 9.73. The maximum atomic E-state index is 13.3. The molecule has 1 N–H and O–H groups in total. The van der Waals surface area contributed by atoms with E-state index in [-0.39, 0.29) is 11.7 Å². The first kappa shape index (κ1) is 20.4. The number of carbonyl (C=O) groups excluding carboxylic acids is 1. The standard InChI is InChI=1S/C23H26BrFN2O2/c24-19-3-1-18(2-4-19)23(10-13-29-14-11-23)22(28)26-15-17-9-12-27(16-17)21-7-5-20(25)6-8-21/h1-8,17H,9-16H2,(H,26,28). The number of nitrogens with zero attached hydrogens (tertiary/aromatic N) is 1. The van der Waals surface area contributed by atoms with E-state index >= 15 is 0 Å². The first-order valence-corrected chi connectivity index (χ1v) is 11.0. The molecular weight excluding hydrogens is 435 g/mol. The lowest BCUT2D eigenvalue weighted by Gasteiger charge is -2.36. The third-order valence-corrected chi connectivity index (χ3v) is 6.74. The molecule has 2 aromatic rings. The van der Waals surface area contributed by atoms with Crippen molar-refractivity contribution in [3.63, 3.8) is 0 Å². The number of hydrogen-bond donors (Lipinski definition) is 1. The van der Waals surface area contributed by atoms with E-state index in [0.29, 0.717) is 38.5 Å². The lowest BCUT2D eigenvalue weighted by Crippen LogP contribution is -2.49. The monoisotopic (exact) mass is 460 g/mol. The number of halogens is 2. The zero-order chi connectivity index (χ0) is 20.3. The fraction of sp³-hybridized carbons (Fsp3) is 0.435. The van der Waals surface area contributed by atoms with E-state index in [2.05, 4.69) is 26.1 Å². The Morgan fingerprint density at radius 2 is 1.83 bits per heavy atom. The van der Waals surface area contributed by atoms with Gasteiger partial charge in [0.2, 0.25) is 5.91 Å². The molecule has 4 nitrogen and oxygen atoms in total. The van der Waals surface area contributed by atoms with Gasteiger partial charge in [0.15, 0.2) is 0 Å². The fourth-order valence-electron chi connectivity index (χ4n) is 4.43. The summed E-state index contributed by atoms with van der Waals surface area (Å²) in [6, 6.07) is 14.7. The van der Waals surface area contributed by atoms with Crippen molar-refractivity contribution in [3.05, 3.63) is 64.4 Å². The molecule has 2 saturated heterocycles. The fourth-order valence-corrected chi connectivity index (χ4v) is 4.69. The van der Waals surface area contributed by atoms with Crippen molar-refractivity contribution in [3.8, 4) is 0 Å². The molecule has 4 rings (SSSR count). The molecule has 2 aliphatic heterocycles. The highest BCUT2D eigenvalue weighted by Crippen LogP contribution is 2.36. The van der Waals surface area contributed by atoms with Crippen molar-refractivity contribution >= 4 is 27.5 Å². The van der Waals surface area contributed by atoms with Gasteiger partial charge in [-0.25, -0.2) is 4.39 Å². The summed E-state index contributed by atoms with van der Waals surface area (Å²) in [5.41, 5.74) is 1.57. The van der Waals surface area contributed by atoms with Crippen LogP contribution in [-0.4, -0.2) is 38.8 Å². The summed E-state index contributed by atoms with van der Waals surface area (Å²) in [5, 5.41) is 3.24. The predicted octanol–water partition coefficient (Wildman–Crippen LogP) is 4.28. The number of ether oxygens (including phenoxy) is 1. The first-order valence-electron chi connectivity index (χ1n) is 10.2. The minimum atomic E-state index is -0.520. The Balaban J connectivity index is 1.40. The highest BCUT2D eigenvalue weighted by Gasteiger charge is 2.41. The lowest BCUT2D eigenvalue weighted by molar-refractivity contribution is -0.130. The Kier molecular flexibility index (Phi) is 6.20. The second-order valence-corrected chi connectivity index (χ2v) is 8.90. The molecule has 0 spiro atoms. The topological polar surface area (TPSA) is 41.6 Å². The molecule has 1 atom stereocenters. The summed E-state index contributed by atoms with van der Waals surface area (Å²) in [6.45, 7) is 3.67. The van der Waals surface area contributed by atoms with Gasteiger partial charge in [0.1, 0.15) is 5.82 Å². The van der Waals surface area contributed by atoms with Crippen molar-refractivity contribution in [2.24, 2.45) is 5.92 Å². The largest absolute Gasteiger partial charge is 0.381 e. The van der Waals surface area contributed by atoms with E-state index in [0.717, 1.165) is 35.2 Å². The van der Waals surface area contributed by atoms with E-state index in [9.17, 15) is 9.18 Å². The van der Waals surface area contributed by atoms with Gasteiger partial charge >= 0.3 is 0 Å². The van der Waals surface area contributed by atoms with Crippen LogP contribution in [0.4, 0.5) is 10.1 Å². The number of hydrogen-bond acceptors (Lipinski definition) is 3. The van der Waals surface area contributed by atoms with Gasteiger partial charge in [-0.3, -0.25) is 4.79 Å². The van der Waals surface area contributed by atoms with Crippen LogP contribution in [0.25, 0.3) is 0 Å². The van der Waals surface area contributed by atoms with Crippen LogP contribution in [0.1, 0.15) is 24.8 Å². The van der Waals surface area contributed by atoms with Crippen molar-refractivity contribution in [1.82, 2.24) is 5.32 Å². The molecule has 154 valence electrons. The van der Waals surface area contributed by atoms with Gasteiger partial charge < -0.3 is 15.0 Å². The van der Waals surface area contributed by atoms with Crippen molar-refractivity contribution in [2.75, 3.05) is 37.7 Å². The highest BCUT2D eigenvalue weighted by atomic mass is 79.9. The number of carbonyl (C=O) groups is 1. The minimum Gasteiger partial charge on any atom is -0.381 e. The molecule has 2 heterocycles. The summed E-state index contributed by atoms with van der Waals surface area (Å²) >= 11 is 3.48. The molecule has 2 aromatic carbocycles. The molecular formula is C23H26BrFN2O2. The molecule has 0 aromatic heterocycles. The number of anilines is 1. The molecule has 29 heavy (non-hydrogen) atoms. The van der Waals surface area contributed by atoms with Gasteiger partial charge in [0.05, 0.1) is 5.41 Å². The third-order valence-electron chi connectivity index (χ3n) is 6.21. The summed E-state index contributed by atoms with van der Waals surface area (Å²) in [7, 11) is 0. The number of rotatable bonds is 5. The normalized spacial score (nSPS) is 21.2. The Morgan fingerprint density at radius 3 is 2.52 bits per heavy atom. The molecule has 6 heteroatoms. The van der Waals surface area contributed by atoms with E-state index in [4.69, 9.17) is 4.74 Å². The zero-order valence-electron chi connectivity index (χ0n) is 16.4. The minimum absolute atomic E-state index is 0.100. The van der Waals surface area contributed by atoms with Crippen LogP contribution in [-0.2, 0) is 14.9 Å². The Hall–Kier alpha value is -1.92. The number of amides is 1. The van der Waals surface area contributed by atoms with Crippen LogP contribution >= 0.6 is 15.9 Å². The summed E-state index contributed by atoms with van der Waals surface area (Å²) in [4.78, 5) is 15.6. The zero-order valence-corrected chi connectivity index (χ0v) is 18.0. The summed E-state index contributed by atoms with van der Waals surface area (Å²) < 4.78 is 19.7. The smallest absolute Gasteiger partial charge is 0.230 e. The van der Waals surface area contributed by atoms with Crippen LogP contribution in [0, 0.1) is 11.7 Å². The molecule has 1 amide bonds. The van der Waals surface area contributed by atoms with Crippen LogP contribution in [0.2, 0.25) is 0 Å². The average Bonchev–Trinajstić information content (AvgIpc) is 3.22. The second kappa shape index (κ2) is 8.84. The van der Waals surface area contributed by atoms with Gasteiger partial charge in [-0.05, 0) is 67.1 Å². The van der Waals surface area contributed by atoms with E-state index in [1.165, 1.54) is 12.1 Å². The van der Waals surface area contributed by atoms with Crippen molar-refractivity contribution < 1.29 is 13.9 Å². The maximum Gasteiger partial charge on any atom is 0.230 e. The van der Waals surface area contributed by atoms with Gasteiger partial charge in [-0.15, -0.1) is 0 Å². The number of benzene rings is 2. The van der Waals surface area contributed by atoms with Crippen molar-refractivity contribution in [2.45, 2.75) is 24.7 Å². The van der Waals surface area contributed by atoms with Gasteiger partial charge in [-0.2, -0.15) is 0 Å². The molecule has 1 unspecified atom stereocenters. The van der Waals surface area contributed by atoms with E-state index in [1.807, 2.05) is 36.4 Å². The van der Waals surface area contributed by atoms with E-state index in [1.54, 1.807) is 0 Å². The molecule has 0 saturated carbocycles. The number of nitrogens with one attached hydrogen (secondary N) is 1. The van der Waals surface area contributed by atoms with Crippen LogP contribution in [0.3, 0.4) is 0 Å². The van der Waals surface area contributed by atoms with E-state index < -0.39 is 5.41 Å². The van der Waals surface area contributed by atoms with Gasteiger partial charge in [0.25, 0.3) is 0 Å². The molecule has 2 fully saturated rings. The summed E-state index contributed by atoms with van der Waals surface area (Å²) in [5.74, 6) is 0.278. The second-order valence-electron chi connectivity index (χ2n) is 7.99. The van der Waals surface area contributed by atoms with Crippen LogP contribution < -0.4 is 10.2 Å². The predicted molar refractivity (Wildman–Crippen MR) is 116 cm³/mol. The quantitative estimate of drug-likeness (QED) is 0.723. The van der Waals surface area contributed by atoms with Crippen LogP contribution in [0.5, 0.6) is 0 Å². The van der Waals surface area contributed by atoms with Crippen LogP contribution in [0.15, 0.2) is 53.0 Å². The molecule has 0 radical (unpaired) electrons. The Morgan fingerprint density at radius 1 is 1.14 bits per heavy atom. The van der Waals surface area contributed by atoms with Crippen molar-refractivity contribution in [1.29, 1.82) is 0 Å². The van der Waals surface area contributed by atoms with Gasteiger partial charge in [0, 0.05) is 43.0 Å². The average molecular weight is 461 g/mol. The Labute approximate surface area is 179 Å². The Bertz CT molecular complexity index is 835. The molecule has 0 aliphatic carbocycles. The first-order chi connectivity index (χ1) is 14.1. The highest BCUT2D eigenvalue weighted by molar-refractivity contribution is 9.10. The molecule has 0 bridgehead atoms.